The van der Waals surface area contributed by atoms with Crippen molar-refractivity contribution in [3.63, 3.8) is 0 Å². The summed E-state index contributed by atoms with van der Waals surface area (Å²) < 4.78 is 2.18. The molecule has 44 heavy (non-hydrogen) atoms. The van der Waals surface area contributed by atoms with Crippen LogP contribution in [0.1, 0.15) is 50.7 Å². The smallest absolute Gasteiger partial charge is 0.236 e. The Balaban J connectivity index is 1.18. The van der Waals surface area contributed by atoms with Gasteiger partial charge < -0.3 is 14.4 Å². The average Bonchev–Trinajstić information content (AvgIpc) is 3.37. The van der Waals surface area contributed by atoms with Gasteiger partial charge in [0.2, 0.25) is 17.0 Å². The van der Waals surface area contributed by atoms with Crippen molar-refractivity contribution < 1.29 is 9.59 Å². The number of nitrogens with zero attached hydrogens (tertiary/aromatic N) is 6. The molecule has 1 aliphatic heterocycles. The van der Waals surface area contributed by atoms with Crippen LogP contribution in [0.3, 0.4) is 0 Å². The van der Waals surface area contributed by atoms with E-state index in [1.54, 1.807) is 0 Å². The van der Waals surface area contributed by atoms with Crippen molar-refractivity contribution >= 4 is 45.6 Å². The Labute approximate surface area is 262 Å². The molecule has 8 nitrogen and oxygen atoms in total. The van der Waals surface area contributed by atoms with Gasteiger partial charge in [0, 0.05) is 37.6 Å². The number of para-hydroxylation sites is 1. The van der Waals surface area contributed by atoms with Crippen LogP contribution in [-0.2, 0) is 16.1 Å². The van der Waals surface area contributed by atoms with Gasteiger partial charge in [0.1, 0.15) is 5.52 Å². The Morgan fingerprint density at radius 1 is 0.864 bits per heavy atom. The van der Waals surface area contributed by atoms with E-state index < -0.39 is 0 Å². The summed E-state index contributed by atoms with van der Waals surface area (Å²) in [6, 6.07) is 28.4. The highest BCUT2D eigenvalue weighted by atomic mass is 32.2. The highest BCUT2D eigenvalue weighted by Gasteiger charge is 2.35. The number of hydrogen-bond donors (Lipinski definition) is 0. The van der Waals surface area contributed by atoms with Crippen LogP contribution in [0.2, 0.25) is 0 Å². The molecule has 9 heteroatoms. The van der Waals surface area contributed by atoms with Gasteiger partial charge >= 0.3 is 0 Å². The van der Waals surface area contributed by atoms with Crippen molar-refractivity contribution in [3.05, 3.63) is 96.1 Å². The molecule has 0 spiro atoms. The fourth-order valence-electron chi connectivity index (χ4n) is 6.23. The van der Waals surface area contributed by atoms with Crippen molar-refractivity contribution in [1.82, 2.24) is 29.5 Å². The van der Waals surface area contributed by atoms with Gasteiger partial charge in [0.15, 0.2) is 5.65 Å². The van der Waals surface area contributed by atoms with E-state index in [0.717, 1.165) is 34.1 Å². The second kappa shape index (κ2) is 13.2. The number of hydrogen-bond acceptors (Lipinski definition) is 6. The van der Waals surface area contributed by atoms with Gasteiger partial charge in [-0.05, 0) is 37.0 Å². The molecule has 0 saturated carbocycles. The number of rotatable bonds is 9. The van der Waals surface area contributed by atoms with E-state index in [4.69, 9.17) is 4.98 Å². The van der Waals surface area contributed by atoms with Crippen LogP contribution >= 0.6 is 11.8 Å². The monoisotopic (exact) mass is 606 g/mol. The Kier molecular flexibility index (Phi) is 8.93. The lowest BCUT2D eigenvalue weighted by molar-refractivity contribution is -0.143. The maximum atomic E-state index is 13.8. The van der Waals surface area contributed by atoms with Gasteiger partial charge in [0.05, 0.1) is 16.7 Å². The molecule has 6 rings (SSSR count). The van der Waals surface area contributed by atoms with Gasteiger partial charge in [-0.15, -0.1) is 10.2 Å². The lowest BCUT2D eigenvalue weighted by Gasteiger charge is -2.42. The Bertz CT molecular complexity index is 1760. The Morgan fingerprint density at radius 2 is 1.57 bits per heavy atom. The highest BCUT2D eigenvalue weighted by Crippen LogP contribution is 2.31. The predicted octanol–water partition coefficient (Wildman–Crippen LogP) is 6.15. The quantitative estimate of drug-likeness (QED) is 0.187. The summed E-state index contributed by atoms with van der Waals surface area (Å²) in [5.74, 6) is 0.0235. The zero-order chi connectivity index (χ0) is 30.6. The lowest BCUT2D eigenvalue weighted by atomic mass is 9.94. The molecule has 3 unspecified atom stereocenters. The molecule has 5 aromatic rings. The van der Waals surface area contributed by atoms with Crippen LogP contribution in [-0.4, -0.2) is 72.3 Å². The molecular weight excluding hydrogens is 568 g/mol. The molecule has 0 N–H and O–H groups in total. The number of amides is 2. The zero-order valence-electron chi connectivity index (χ0n) is 25.5. The summed E-state index contributed by atoms with van der Waals surface area (Å²) in [7, 11) is 0. The number of aromatic nitrogens is 4. The summed E-state index contributed by atoms with van der Waals surface area (Å²) in [6.07, 6.45) is 1.38. The van der Waals surface area contributed by atoms with Crippen molar-refractivity contribution in [2.75, 3.05) is 19.6 Å². The number of carbonyl (C=O) groups is 2. The Hall–Kier alpha value is -4.24. The summed E-state index contributed by atoms with van der Waals surface area (Å²) in [6.45, 7) is 8.32. The maximum absolute atomic E-state index is 13.8. The van der Waals surface area contributed by atoms with Crippen molar-refractivity contribution in [1.29, 1.82) is 0 Å². The molecule has 0 aliphatic carbocycles. The van der Waals surface area contributed by atoms with E-state index in [-0.39, 0.29) is 29.0 Å². The van der Waals surface area contributed by atoms with Crippen LogP contribution in [0.25, 0.3) is 22.1 Å². The summed E-state index contributed by atoms with van der Waals surface area (Å²) in [4.78, 5) is 36.2. The van der Waals surface area contributed by atoms with Crippen molar-refractivity contribution in [2.45, 2.75) is 62.5 Å². The summed E-state index contributed by atoms with van der Waals surface area (Å²) >= 11 is 1.37. The molecule has 1 aliphatic rings. The SMILES string of the molecule is CCC(Sc1nnc2c3ccccc3n(Cc3ccccc3)c2n1)C(=O)N1CCN(C(=O)C(CC)c2ccccc2)C(C)C1. The molecule has 0 bridgehead atoms. The van der Waals surface area contributed by atoms with Crippen LogP contribution in [0, 0.1) is 0 Å². The molecule has 2 amide bonds. The van der Waals surface area contributed by atoms with E-state index in [2.05, 4.69) is 46.0 Å². The van der Waals surface area contributed by atoms with Gasteiger partial charge in [0.25, 0.3) is 0 Å². The molecule has 1 fully saturated rings. The van der Waals surface area contributed by atoms with E-state index in [1.807, 2.05) is 84.3 Å². The van der Waals surface area contributed by atoms with Crippen molar-refractivity contribution in [3.8, 4) is 0 Å². The molecule has 3 heterocycles. The topological polar surface area (TPSA) is 84.2 Å². The van der Waals surface area contributed by atoms with Gasteiger partial charge in [-0.2, -0.15) is 0 Å². The minimum Gasteiger partial charge on any atom is -0.338 e. The summed E-state index contributed by atoms with van der Waals surface area (Å²) in [5.41, 5.74) is 4.79. The molecule has 3 atom stereocenters. The fourth-order valence-corrected chi connectivity index (χ4v) is 7.13. The molecule has 1 saturated heterocycles. The van der Waals surface area contributed by atoms with Gasteiger partial charge in [-0.3, -0.25) is 9.59 Å². The second-order valence-corrected chi connectivity index (χ2v) is 12.6. The summed E-state index contributed by atoms with van der Waals surface area (Å²) in [5, 5.41) is 10.2. The highest BCUT2D eigenvalue weighted by molar-refractivity contribution is 8.00. The van der Waals surface area contributed by atoms with E-state index in [9.17, 15) is 9.59 Å². The molecule has 2 aromatic heterocycles. The standard InChI is InChI=1S/C35H38N6O2S/c1-4-27(26-16-10-7-11-17-26)33(42)40-21-20-39(22-24(40)3)34(43)30(5-2)44-35-36-32-31(37-38-35)28-18-12-13-19-29(28)41(32)23-25-14-8-6-9-15-25/h6-19,24,27,30H,4-5,20-23H2,1-3H3. The van der Waals surface area contributed by atoms with Crippen LogP contribution in [0.15, 0.2) is 90.1 Å². The first kappa shape index (κ1) is 29.8. The first-order valence-corrected chi connectivity index (χ1v) is 16.3. The predicted molar refractivity (Wildman–Crippen MR) is 176 cm³/mol. The second-order valence-electron chi connectivity index (χ2n) is 11.4. The first-order chi connectivity index (χ1) is 21.5. The number of carbonyl (C=O) groups excluding carboxylic acids is 2. The van der Waals surface area contributed by atoms with E-state index >= 15 is 0 Å². The minimum absolute atomic E-state index is 0.0556. The number of thioether (sulfide) groups is 1. The van der Waals surface area contributed by atoms with Crippen LogP contribution in [0.5, 0.6) is 0 Å². The molecule has 0 radical (unpaired) electrons. The van der Waals surface area contributed by atoms with Crippen LogP contribution in [0.4, 0.5) is 0 Å². The minimum atomic E-state index is -0.344. The van der Waals surface area contributed by atoms with Crippen LogP contribution < -0.4 is 0 Å². The third-order valence-electron chi connectivity index (χ3n) is 8.56. The first-order valence-electron chi connectivity index (χ1n) is 15.4. The van der Waals surface area contributed by atoms with Gasteiger partial charge in [-0.25, -0.2) is 4.98 Å². The number of benzene rings is 3. The normalized spacial score (nSPS) is 16.8. The van der Waals surface area contributed by atoms with E-state index in [1.165, 1.54) is 17.3 Å². The third-order valence-corrected chi connectivity index (χ3v) is 9.77. The molecule has 3 aromatic carbocycles. The fraction of sp³-hybridized carbons (Fsp3) is 0.343. The lowest BCUT2D eigenvalue weighted by Crippen LogP contribution is -2.57. The average molecular weight is 607 g/mol. The van der Waals surface area contributed by atoms with Gasteiger partial charge in [-0.1, -0.05) is 104 Å². The number of piperazine rings is 1. The molecular formula is C35H38N6O2S. The maximum Gasteiger partial charge on any atom is 0.236 e. The van der Waals surface area contributed by atoms with E-state index in [0.29, 0.717) is 37.8 Å². The Morgan fingerprint density at radius 3 is 2.27 bits per heavy atom. The largest absolute Gasteiger partial charge is 0.338 e. The zero-order valence-corrected chi connectivity index (χ0v) is 26.3. The third kappa shape index (κ3) is 5.93. The van der Waals surface area contributed by atoms with Crippen molar-refractivity contribution in [2.24, 2.45) is 0 Å². The number of fused-ring (bicyclic) bond motifs is 3. The molecule has 226 valence electrons.